The summed E-state index contributed by atoms with van der Waals surface area (Å²) in [5.74, 6) is -0.873. The number of carbonyl (C=O) groups is 3. The molecular weight excluding hydrogens is 326 g/mol. The average Bonchev–Trinajstić information content (AvgIpc) is 2.59. The van der Waals surface area contributed by atoms with E-state index in [1.165, 1.54) is 44.9 Å². The predicted molar refractivity (Wildman–Crippen MR) is 100 cm³/mol. The first-order valence-electron chi connectivity index (χ1n) is 9.01. The Balaban J connectivity index is 3.37. The molecule has 0 spiro atoms. The van der Waals surface area contributed by atoms with Crippen LogP contribution in [-0.4, -0.2) is 43.1 Å². The molecule has 3 N–H and O–H groups in total. The van der Waals surface area contributed by atoms with Crippen molar-refractivity contribution in [1.29, 1.82) is 0 Å². The molecule has 0 bridgehead atoms. The molecule has 0 aromatic rings. The van der Waals surface area contributed by atoms with Gasteiger partial charge in [-0.2, -0.15) is 12.6 Å². The van der Waals surface area contributed by atoms with E-state index in [1.807, 2.05) is 0 Å². The second-order valence-electron chi connectivity index (χ2n) is 5.89. The number of amides is 3. The predicted octanol–water partition coefficient (Wildman–Crippen LogP) is 1.80. The van der Waals surface area contributed by atoms with Gasteiger partial charge in [0.15, 0.2) is 0 Å². The molecule has 0 atom stereocenters. The van der Waals surface area contributed by atoms with Crippen molar-refractivity contribution in [2.24, 2.45) is 0 Å². The van der Waals surface area contributed by atoms with Gasteiger partial charge in [0.25, 0.3) is 0 Å². The lowest BCUT2D eigenvalue weighted by Gasteiger charge is -2.07. The van der Waals surface area contributed by atoms with Gasteiger partial charge >= 0.3 is 0 Å². The number of unbranched alkanes of at least 4 members (excludes halogenated alkanes) is 8. The van der Waals surface area contributed by atoms with Crippen molar-refractivity contribution in [3.05, 3.63) is 0 Å². The van der Waals surface area contributed by atoms with Crippen molar-refractivity contribution in [3.8, 4) is 0 Å². The highest BCUT2D eigenvalue weighted by molar-refractivity contribution is 7.81. The van der Waals surface area contributed by atoms with Crippen molar-refractivity contribution in [2.45, 2.75) is 64.7 Å². The zero-order valence-corrected chi connectivity index (χ0v) is 15.8. The summed E-state index contributed by atoms with van der Waals surface area (Å²) in [6, 6.07) is 0. The number of hydrogen-bond donors (Lipinski definition) is 4. The zero-order chi connectivity index (χ0) is 18.0. The summed E-state index contributed by atoms with van der Waals surface area (Å²) in [4.78, 5) is 33.9. The van der Waals surface area contributed by atoms with Crippen molar-refractivity contribution in [2.75, 3.05) is 25.4 Å². The van der Waals surface area contributed by atoms with Crippen LogP contribution in [0.15, 0.2) is 0 Å². The van der Waals surface area contributed by atoms with Crippen molar-refractivity contribution < 1.29 is 14.4 Å². The first kappa shape index (κ1) is 22.8. The first-order valence-corrected chi connectivity index (χ1v) is 9.64. The summed E-state index contributed by atoms with van der Waals surface area (Å²) in [6.45, 7) is 2.67. The highest BCUT2D eigenvalue weighted by Crippen LogP contribution is 2.09. The largest absolute Gasteiger partial charge is 0.355 e. The maximum Gasteiger partial charge on any atom is 0.239 e. The first-order chi connectivity index (χ1) is 11.6. The van der Waals surface area contributed by atoms with Crippen LogP contribution in [0.25, 0.3) is 0 Å². The molecule has 140 valence electrons. The molecule has 0 saturated heterocycles. The third-order valence-corrected chi connectivity index (χ3v) is 3.93. The van der Waals surface area contributed by atoms with Crippen molar-refractivity contribution in [3.63, 3.8) is 0 Å². The van der Waals surface area contributed by atoms with Crippen LogP contribution in [0.3, 0.4) is 0 Å². The van der Waals surface area contributed by atoms with E-state index in [2.05, 4.69) is 35.5 Å². The van der Waals surface area contributed by atoms with Crippen molar-refractivity contribution in [1.82, 2.24) is 16.0 Å². The number of rotatable bonds is 15. The molecule has 0 aliphatic rings. The Morgan fingerprint density at radius 2 is 1.12 bits per heavy atom. The van der Waals surface area contributed by atoms with E-state index in [9.17, 15) is 14.4 Å². The van der Waals surface area contributed by atoms with Crippen LogP contribution in [0.1, 0.15) is 64.7 Å². The van der Waals surface area contributed by atoms with Gasteiger partial charge in [0.2, 0.25) is 17.7 Å². The Labute approximate surface area is 151 Å². The maximum absolute atomic E-state index is 11.6. The fraction of sp³-hybridized carbons (Fsp3) is 0.824. The van der Waals surface area contributed by atoms with Gasteiger partial charge in [-0.15, -0.1) is 0 Å². The lowest BCUT2D eigenvalue weighted by atomic mass is 10.1. The van der Waals surface area contributed by atoms with E-state index in [-0.39, 0.29) is 36.6 Å². The third kappa shape index (κ3) is 15.6. The minimum atomic E-state index is -0.386. The summed E-state index contributed by atoms with van der Waals surface area (Å²) in [6.07, 6.45) is 11.2. The second-order valence-corrected chi connectivity index (χ2v) is 6.21. The second kappa shape index (κ2) is 16.6. The average molecular weight is 360 g/mol. The van der Waals surface area contributed by atoms with E-state index < -0.39 is 0 Å². The summed E-state index contributed by atoms with van der Waals surface area (Å²) in [5.41, 5.74) is 0. The van der Waals surface area contributed by atoms with Crippen molar-refractivity contribution >= 4 is 30.4 Å². The number of carbonyl (C=O) groups excluding carboxylic acids is 3. The van der Waals surface area contributed by atoms with Gasteiger partial charge in [0.05, 0.1) is 18.8 Å². The van der Waals surface area contributed by atoms with Crippen LogP contribution in [0.4, 0.5) is 0 Å². The Morgan fingerprint density at radius 3 is 1.67 bits per heavy atom. The van der Waals surface area contributed by atoms with E-state index in [4.69, 9.17) is 0 Å². The highest BCUT2D eigenvalue weighted by atomic mass is 32.1. The number of hydrogen-bond acceptors (Lipinski definition) is 4. The van der Waals surface area contributed by atoms with Gasteiger partial charge in [-0.05, 0) is 6.42 Å². The molecule has 0 heterocycles. The van der Waals surface area contributed by atoms with Gasteiger partial charge in [0.1, 0.15) is 0 Å². The molecule has 0 aromatic carbocycles. The molecule has 0 radical (unpaired) electrons. The van der Waals surface area contributed by atoms with Crippen LogP contribution in [0.2, 0.25) is 0 Å². The molecule has 0 unspecified atom stereocenters. The molecule has 0 aliphatic heterocycles. The summed E-state index contributed by atoms with van der Waals surface area (Å²) < 4.78 is 0. The van der Waals surface area contributed by atoms with Gasteiger partial charge < -0.3 is 16.0 Å². The van der Waals surface area contributed by atoms with Gasteiger partial charge in [-0.1, -0.05) is 58.3 Å². The maximum atomic E-state index is 11.6. The van der Waals surface area contributed by atoms with Crippen LogP contribution in [0.5, 0.6) is 0 Å². The summed E-state index contributed by atoms with van der Waals surface area (Å²) in [5, 5.41) is 7.62. The van der Waals surface area contributed by atoms with E-state index in [0.29, 0.717) is 6.54 Å². The molecule has 0 aromatic heterocycles. The van der Waals surface area contributed by atoms with Crippen LogP contribution < -0.4 is 16.0 Å². The van der Waals surface area contributed by atoms with Gasteiger partial charge in [-0.25, -0.2) is 0 Å². The van der Waals surface area contributed by atoms with Gasteiger partial charge in [-0.3, -0.25) is 14.4 Å². The lowest BCUT2D eigenvalue weighted by molar-refractivity contribution is -0.127. The van der Waals surface area contributed by atoms with E-state index in [0.717, 1.165) is 12.8 Å². The molecule has 0 saturated carbocycles. The summed E-state index contributed by atoms with van der Waals surface area (Å²) >= 11 is 3.78. The normalized spacial score (nSPS) is 10.2. The molecule has 0 aliphatic carbocycles. The molecule has 0 rings (SSSR count). The Morgan fingerprint density at radius 1 is 0.667 bits per heavy atom. The quantitative estimate of drug-likeness (QED) is 0.266. The minimum Gasteiger partial charge on any atom is -0.355 e. The number of nitrogens with one attached hydrogen (secondary N) is 3. The Hall–Kier alpha value is -1.24. The van der Waals surface area contributed by atoms with E-state index >= 15 is 0 Å². The lowest BCUT2D eigenvalue weighted by Crippen LogP contribution is -2.42. The topological polar surface area (TPSA) is 87.3 Å². The fourth-order valence-corrected chi connectivity index (χ4v) is 2.31. The third-order valence-electron chi connectivity index (χ3n) is 3.64. The van der Waals surface area contributed by atoms with Crippen LogP contribution >= 0.6 is 12.6 Å². The van der Waals surface area contributed by atoms with Gasteiger partial charge in [0, 0.05) is 6.54 Å². The standard InChI is InChI=1S/C17H33N3O3S/c1-2-3-4-5-6-7-8-9-10-11-18-15(21)12-19-16(22)13-20-17(23)14-24/h24H,2-14H2,1H3,(H,18,21)(H,19,22)(H,20,23). The minimum absolute atomic E-state index is 0.0342. The summed E-state index contributed by atoms with van der Waals surface area (Å²) in [7, 11) is 0. The molecule has 0 fully saturated rings. The molecule has 7 heteroatoms. The molecular formula is C17H33N3O3S. The Bertz CT molecular complexity index is 365. The zero-order valence-electron chi connectivity index (χ0n) is 14.9. The molecule has 6 nitrogen and oxygen atoms in total. The van der Waals surface area contributed by atoms with Crippen LogP contribution in [-0.2, 0) is 14.4 Å². The number of thiol groups is 1. The fourth-order valence-electron chi connectivity index (χ4n) is 2.20. The smallest absolute Gasteiger partial charge is 0.239 e. The van der Waals surface area contributed by atoms with Crippen LogP contribution in [0, 0.1) is 0 Å². The highest BCUT2D eigenvalue weighted by Gasteiger charge is 2.06. The molecule has 24 heavy (non-hydrogen) atoms. The SMILES string of the molecule is CCCCCCCCCCCNC(=O)CNC(=O)CNC(=O)CS. The molecule has 3 amide bonds. The van der Waals surface area contributed by atoms with E-state index in [1.54, 1.807) is 0 Å². The monoisotopic (exact) mass is 359 g/mol. The Kier molecular flexibility index (Phi) is 15.8.